The Bertz CT molecular complexity index is 882. The topological polar surface area (TPSA) is 66.9 Å². The molecule has 1 amide bonds. The molecular weight excluding hydrogens is 307 g/mol. The van der Waals surface area contributed by atoms with Crippen LogP contribution in [0.2, 0.25) is 0 Å². The summed E-state index contributed by atoms with van der Waals surface area (Å²) < 4.78 is 13.2. The Morgan fingerprint density at radius 1 is 1.00 bits per heavy atom. The SMILES string of the molecule is Cc1cccc(NC(=O)c2cc(Nc3cccc(F)c3)ncn2)c1. The van der Waals surface area contributed by atoms with Crippen LogP contribution in [0.15, 0.2) is 60.9 Å². The Hall–Kier alpha value is -3.28. The van der Waals surface area contributed by atoms with Gasteiger partial charge < -0.3 is 10.6 Å². The first-order valence-corrected chi connectivity index (χ1v) is 7.33. The molecule has 6 heteroatoms. The smallest absolute Gasteiger partial charge is 0.274 e. The predicted molar refractivity (Wildman–Crippen MR) is 90.8 cm³/mol. The van der Waals surface area contributed by atoms with Gasteiger partial charge in [-0.1, -0.05) is 18.2 Å². The summed E-state index contributed by atoms with van der Waals surface area (Å²) in [5.74, 6) is -0.290. The Morgan fingerprint density at radius 2 is 1.79 bits per heavy atom. The van der Waals surface area contributed by atoms with Crippen LogP contribution < -0.4 is 10.6 Å². The minimum atomic E-state index is -0.355. The van der Waals surface area contributed by atoms with Crippen LogP contribution in [0, 0.1) is 12.7 Å². The minimum Gasteiger partial charge on any atom is -0.340 e. The van der Waals surface area contributed by atoms with Crippen LogP contribution in [0.1, 0.15) is 16.1 Å². The van der Waals surface area contributed by atoms with E-state index in [1.165, 1.54) is 24.5 Å². The molecule has 0 aliphatic carbocycles. The number of amides is 1. The highest BCUT2D eigenvalue weighted by Gasteiger charge is 2.09. The molecule has 0 bridgehead atoms. The predicted octanol–water partition coefficient (Wildman–Crippen LogP) is 3.92. The molecule has 0 fully saturated rings. The van der Waals surface area contributed by atoms with Crippen molar-refractivity contribution in [3.8, 4) is 0 Å². The molecule has 3 rings (SSSR count). The van der Waals surface area contributed by atoms with Crippen LogP contribution in [0.3, 0.4) is 0 Å². The number of nitrogens with zero attached hydrogens (tertiary/aromatic N) is 2. The van der Waals surface area contributed by atoms with Crippen molar-refractivity contribution in [3.63, 3.8) is 0 Å². The van der Waals surface area contributed by atoms with Crippen molar-refractivity contribution in [2.45, 2.75) is 6.92 Å². The molecule has 1 heterocycles. The molecule has 0 saturated carbocycles. The van der Waals surface area contributed by atoms with Gasteiger partial charge >= 0.3 is 0 Å². The molecule has 1 aromatic heterocycles. The summed E-state index contributed by atoms with van der Waals surface area (Å²) in [5.41, 5.74) is 2.49. The van der Waals surface area contributed by atoms with Gasteiger partial charge in [-0.15, -0.1) is 0 Å². The largest absolute Gasteiger partial charge is 0.340 e. The van der Waals surface area contributed by atoms with Gasteiger partial charge in [-0.3, -0.25) is 4.79 Å². The summed E-state index contributed by atoms with van der Waals surface area (Å²) in [7, 11) is 0. The van der Waals surface area contributed by atoms with Crippen LogP contribution in [0.5, 0.6) is 0 Å². The fourth-order valence-electron chi connectivity index (χ4n) is 2.18. The zero-order valence-electron chi connectivity index (χ0n) is 13.0. The van der Waals surface area contributed by atoms with Crippen LogP contribution in [-0.4, -0.2) is 15.9 Å². The van der Waals surface area contributed by atoms with E-state index in [1.54, 1.807) is 18.2 Å². The van der Waals surface area contributed by atoms with E-state index < -0.39 is 0 Å². The first-order valence-electron chi connectivity index (χ1n) is 7.33. The molecule has 0 aliphatic heterocycles. The van der Waals surface area contributed by atoms with E-state index in [0.717, 1.165) is 5.56 Å². The number of anilines is 3. The van der Waals surface area contributed by atoms with Gasteiger partial charge in [0.1, 0.15) is 23.7 Å². The maximum absolute atomic E-state index is 13.2. The normalized spacial score (nSPS) is 10.2. The summed E-state index contributed by atoms with van der Waals surface area (Å²) in [6, 6.07) is 15.0. The molecule has 2 aromatic carbocycles. The summed E-state index contributed by atoms with van der Waals surface area (Å²) in [4.78, 5) is 20.3. The lowest BCUT2D eigenvalue weighted by molar-refractivity contribution is 0.102. The number of rotatable bonds is 4. The molecule has 0 aliphatic rings. The zero-order valence-corrected chi connectivity index (χ0v) is 13.0. The van der Waals surface area contributed by atoms with Crippen LogP contribution in [-0.2, 0) is 0 Å². The third kappa shape index (κ3) is 3.92. The zero-order chi connectivity index (χ0) is 16.9. The summed E-state index contributed by atoms with van der Waals surface area (Å²) in [6.07, 6.45) is 1.28. The van der Waals surface area contributed by atoms with Crippen molar-refractivity contribution in [2.75, 3.05) is 10.6 Å². The average Bonchev–Trinajstić information content (AvgIpc) is 2.55. The van der Waals surface area contributed by atoms with Gasteiger partial charge in [-0.05, 0) is 42.8 Å². The lowest BCUT2D eigenvalue weighted by Crippen LogP contribution is -2.14. The van der Waals surface area contributed by atoms with E-state index in [9.17, 15) is 9.18 Å². The van der Waals surface area contributed by atoms with Crippen molar-refractivity contribution in [2.24, 2.45) is 0 Å². The number of halogens is 1. The average molecular weight is 322 g/mol. The van der Waals surface area contributed by atoms with Gasteiger partial charge in [-0.2, -0.15) is 0 Å². The highest BCUT2D eigenvalue weighted by molar-refractivity contribution is 6.03. The molecule has 0 radical (unpaired) electrons. The molecule has 0 atom stereocenters. The highest BCUT2D eigenvalue weighted by atomic mass is 19.1. The minimum absolute atomic E-state index is 0.213. The standard InChI is InChI=1S/C18H15FN4O/c1-12-4-2-6-14(8-12)23-18(24)16-10-17(21-11-20-16)22-15-7-3-5-13(19)9-15/h2-11H,1H3,(H,23,24)(H,20,21,22). The second-order valence-corrected chi connectivity index (χ2v) is 5.25. The third-order valence-corrected chi connectivity index (χ3v) is 3.27. The number of carbonyl (C=O) groups excluding carboxylic acids is 1. The molecule has 0 spiro atoms. The number of carbonyl (C=O) groups is 1. The fraction of sp³-hybridized carbons (Fsp3) is 0.0556. The molecular formula is C18H15FN4O. The van der Waals surface area contributed by atoms with E-state index in [-0.39, 0.29) is 17.4 Å². The first-order chi connectivity index (χ1) is 11.6. The van der Waals surface area contributed by atoms with Crippen molar-refractivity contribution >= 4 is 23.1 Å². The molecule has 0 unspecified atom stereocenters. The van der Waals surface area contributed by atoms with Crippen molar-refractivity contribution in [1.29, 1.82) is 0 Å². The molecule has 24 heavy (non-hydrogen) atoms. The van der Waals surface area contributed by atoms with Crippen molar-refractivity contribution < 1.29 is 9.18 Å². The van der Waals surface area contributed by atoms with E-state index in [0.29, 0.717) is 17.2 Å². The lowest BCUT2D eigenvalue weighted by Gasteiger charge is -2.08. The van der Waals surface area contributed by atoms with Gasteiger partial charge in [0.05, 0.1) is 0 Å². The maximum atomic E-state index is 13.2. The number of nitrogens with one attached hydrogen (secondary N) is 2. The molecule has 2 N–H and O–H groups in total. The molecule has 3 aromatic rings. The number of benzene rings is 2. The van der Waals surface area contributed by atoms with Gasteiger partial charge in [0.2, 0.25) is 0 Å². The molecule has 0 saturated heterocycles. The van der Waals surface area contributed by atoms with Crippen molar-refractivity contribution in [3.05, 3.63) is 78.0 Å². The van der Waals surface area contributed by atoms with Crippen LogP contribution in [0.25, 0.3) is 0 Å². The Labute approximate surface area is 138 Å². The van der Waals surface area contributed by atoms with Crippen LogP contribution in [0.4, 0.5) is 21.6 Å². The Morgan fingerprint density at radius 3 is 2.58 bits per heavy atom. The quantitative estimate of drug-likeness (QED) is 0.764. The molecule has 120 valence electrons. The summed E-state index contributed by atoms with van der Waals surface area (Å²) >= 11 is 0. The van der Waals surface area contributed by atoms with Crippen molar-refractivity contribution in [1.82, 2.24) is 9.97 Å². The van der Waals surface area contributed by atoms with Gasteiger partial charge in [-0.25, -0.2) is 14.4 Å². The summed E-state index contributed by atoms with van der Waals surface area (Å²) in [5, 5.41) is 5.72. The molecule has 5 nitrogen and oxygen atoms in total. The first kappa shape index (κ1) is 15.6. The second kappa shape index (κ2) is 6.87. The van der Waals surface area contributed by atoms with E-state index in [2.05, 4.69) is 20.6 Å². The monoisotopic (exact) mass is 322 g/mol. The highest BCUT2D eigenvalue weighted by Crippen LogP contribution is 2.16. The van der Waals surface area contributed by atoms with E-state index in [1.807, 2.05) is 25.1 Å². The lowest BCUT2D eigenvalue weighted by atomic mass is 10.2. The number of hydrogen-bond acceptors (Lipinski definition) is 4. The Kier molecular flexibility index (Phi) is 4.47. The van der Waals surface area contributed by atoms with Gasteiger partial charge in [0.15, 0.2) is 0 Å². The van der Waals surface area contributed by atoms with E-state index >= 15 is 0 Å². The van der Waals surface area contributed by atoms with Gasteiger partial charge in [0.25, 0.3) is 5.91 Å². The van der Waals surface area contributed by atoms with Crippen LogP contribution >= 0.6 is 0 Å². The van der Waals surface area contributed by atoms with E-state index in [4.69, 9.17) is 0 Å². The second-order valence-electron chi connectivity index (χ2n) is 5.25. The van der Waals surface area contributed by atoms with Gasteiger partial charge in [0, 0.05) is 17.4 Å². The Balaban J connectivity index is 1.76. The number of hydrogen-bond donors (Lipinski definition) is 2. The number of aryl methyl sites for hydroxylation is 1. The summed E-state index contributed by atoms with van der Waals surface area (Å²) in [6.45, 7) is 1.95. The third-order valence-electron chi connectivity index (χ3n) is 3.27. The fourth-order valence-corrected chi connectivity index (χ4v) is 2.18. The maximum Gasteiger partial charge on any atom is 0.274 e. The number of aromatic nitrogens is 2.